The van der Waals surface area contributed by atoms with E-state index in [4.69, 9.17) is 0 Å². The highest BCUT2D eigenvalue weighted by Crippen LogP contribution is 2.10. The van der Waals surface area contributed by atoms with Crippen LogP contribution in [0.3, 0.4) is 0 Å². The molecule has 19 heavy (non-hydrogen) atoms. The first-order chi connectivity index (χ1) is 8.88. The minimum Gasteiger partial charge on any atom is -0.544 e. The first kappa shape index (κ1) is 14.8. The average molecular weight is 264 g/mol. The van der Waals surface area contributed by atoms with Gasteiger partial charge in [0.2, 0.25) is 11.7 Å². The number of carboxylic acid groups (broad SMARTS) is 1. The van der Waals surface area contributed by atoms with Crippen LogP contribution in [0.5, 0.6) is 0 Å². The monoisotopic (exact) mass is 264 g/mol. The van der Waals surface area contributed by atoms with Crippen molar-refractivity contribution in [1.82, 2.24) is 0 Å². The van der Waals surface area contributed by atoms with Gasteiger partial charge in [0.1, 0.15) is 13.1 Å². The molecule has 1 atom stereocenters. The van der Waals surface area contributed by atoms with E-state index in [-0.39, 0.29) is 24.8 Å². The Morgan fingerprint density at radius 3 is 2.53 bits per heavy atom. The quantitative estimate of drug-likeness (QED) is 0.587. The summed E-state index contributed by atoms with van der Waals surface area (Å²) in [6, 6.07) is 6.53. The second-order valence-corrected chi connectivity index (χ2v) is 4.37. The summed E-state index contributed by atoms with van der Waals surface area (Å²) in [5.74, 6) is -1.60. The van der Waals surface area contributed by atoms with Gasteiger partial charge in [0.05, 0.1) is 13.0 Å². The van der Waals surface area contributed by atoms with Crippen molar-refractivity contribution in [3.8, 4) is 0 Å². The van der Waals surface area contributed by atoms with E-state index >= 15 is 0 Å². The van der Waals surface area contributed by atoms with Crippen LogP contribution in [0.1, 0.15) is 17.3 Å². The van der Waals surface area contributed by atoms with Gasteiger partial charge in [-0.05, 0) is 12.1 Å². The topological polar surface area (TPSA) is 90.7 Å². The largest absolute Gasteiger partial charge is 0.544 e. The van der Waals surface area contributed by atoms with Crippen LogP contribution in [0.2, 0.25) is 0 Å². The van der Waals surface area contributed by atoms with Crippen LogP contribution >= 0.6 is 0 Å². The third-order valence-corrected chi connectivity index (χ3v) is 2.41. The molecule has 1 aromatic carbocycles. The zero-order valence-electron chi connectivity index (χ0n) is 10.9. The highest BCUT2D eigenvalue weighted by Gasteiger charge is 2.13. The maximum absolute atomic E-state index is 11.9. The van der Waals surface area contributed by atoms with Gasteiger partial charge in [-0.25, -0.2) is 0 Å². The van der Waals surface area contributed by atoms with Crippen LogP contribution < -0.4 is 15.3 Å². The van der Waals surface area contributed by atoms with Crippen molar-refractivity contribution in [2.24, 2.45) is 0 Å². The van der Waals surface area contributed by atoms with E-state index in [1.54, 1.807) is 31.3 Å². The van der Waals surface area contributed by atoms with Crippen molar-refractivity contribution >= 4 is 23.3 Å². The number of rotatable bonds is 6. The normalized spacial score (nSPS) is 11.7. The molecule has 0 saturated heterocycles. The molecule has 0 aromatic heterocycles. The Kier molecular flexibility index (Phi) is 5.20. The van der Waals surface area contributed by atoms with E-state index in [0.717, 1.165) is 0 Å². The number of benzene rings is 1. The number of carboxylic acids is 1. The van der Waals surface area contributed by atoms with Gasteiger partial charge in [0, 0.05) is 18.2 Å². The molecule has 6 heteroatoms. The highest BCUT2D eigenvalue weighted by molar-refractivity contribution is 5.98. The molecule has 0 aliphatic rings. The Morgan fingerprint density at radius 1 is 1.26 bits per heavy atom. The number of hydrogen-bond acceptors (Lipinski definition) is 4. The molecule has 0 heterocycles. The fraction of sp³-hybridized carbons (Fsp3) is 0.308. The van der Waals surface area contributed by atoms with Gasteiger partial charge in [-0.3, -0.25) is 9.59 Å². The molecule has 0 spiro atoms. The zero-order valence-corrected chi connectivity index (χ0v) is 10.9. The summed E-state index contributed by atoms with van der Waals surface area (Å²) in [5.41, 5.74) is 0.972. The lowest BCUT2D eigenvalue weighted by Gasteiger charge is -2.13. The van der Waals surface area contributed by atoms with Gasteiger partial charge in [-0.2, -0.15) is 0 Å². The minimum absolute atomic E-state index is 0.0531. The number of nitrogens with one attached hydrogen (secondary N) is 2. The highest BCUT2D eigenvalue weighted by atomic mass is 16.4. The van der Waals surface area contributed by atoms with Crippen molar-refractivity contribution in [2.45, 2.75) is 6.92 Å². The molecule has 0 aliphatic carbocycles. The number of Topliss-reactive ketones (excluding diaryl/α,β-unsaturated/α-hetero) is 1. The van der Waals surface area contributed by atoms with Crippen LogP contribution in [0.4, 0.5) is 5.69 Å². The SMILES string of the molecule is CC(=O)Nc1cccc(C(=O)C[NH+](C)CC(=O)[O-])c1. The Hall–Kier alpha value is -2.21. The van der Waals surface area contributed by atoms with Crippen LogP contribution in [0.25, 0.3) is 0 Å². The second kappa shape index (κ2) is 6.65. The summed E-state index contributed by atoms with van der Waals surface area (Å²) < 4.78 is 0. The molecule has 1 rings (SSSR count). The smallest absolute Gasteiger partial charge is 0.221 e. The number of quaternary nitrogens is 1. The number of likely N-dealkylation sites (N-methyl/N-ethyl adjacent to an activating group) is 1. The predicted octanol–water partition coefficient (Wildman–Crippen LogP) is -1.91. The number of amides is 1. The van der Waals surface area contributed by atoms with Gasteiger partial charge < -0.3 is 20.1 Å². The lowest BCUT2D eigenvalue weighted by molar-refractivity contribution is -0.864. The molecule has 102 valence electrons. The van der Waals surface area contributed by atoms with E-state index in [2.05, 4.69) is 5.32 Å². The molecule has 0 fully saturated rings. The minimum atomic E-state index is -1.20. The van der Waals surface area contributed by atoms with Crippen molar-refractivity contribution < 1.29 is 24.4 Å². The summed E-state index contributed by atoms with van der Waals surface area (Å²) in [4.78, 5) is 33.8. The number of hydrogen-bond donors (Lipinski definition) is 2. The lowest BCUT2D eigenvalue weighted by atomic mass is 10.1. The fourth-order valence-corrected chi connectivity index (χ4v) is 1.66. The fourth-order valence-electron chi connectivity index (χ4n) is 1.66. The molecule has 0 saturated carbocycles. The predicted molar refractivity (Wildman–Crippen MR) is 66.7 cm³/mol. The van der Waals surface area contributed by atoms with Crippen LogP contribution in [0, 0.1) is 0 Å². The Balaban J connectivity index is 2.71. The van der Waals surface area contributed by atoms with E-state index in [1.165, 1.54) is 6.92 Å². The van der Waals surface area contributed by atoms with Crippen LogP contribution in [-0.4, -0.2) is 37.8 Å². The number of anilines is 1. The molecule has 2 N–H and O–H groups in total. The molecule has 1 aromatic rings. The van der Waals surface area contributed by atoms with E-state index in [9.17, 15) is 19.5 Å². The van der Waals surface area contributed by atoms with Gasteiger partial charge in [0.25, 0.3) is 0 Å². The van der Waals surface area contributed by atoms with Crippen molar-refractivity contribution in [3.63, 3.8) is 0 Å². The Morgan fingerprint density at radius 2 is 1.95 bits per heavy atom. The summed E-state index contributed by atoms with van der Waals surface area (Å²) in [7, 11) is 1.60. The number of carbonyl (C=O) groups excluding carboxylic acids is 3. The average Bonchev–Trinajstić information content (AvgIpc) is 2.27. The van der Waals surface area contributed by atoms with Crippen molar-refractivity contribution in [1.29, 1.82) is 0 Å². The molecule has 0 radical (unpaired) electrons. The van der Waals surface area contributed by atoms with Crippen LogP contribution in [-0.2, 0) is 9.59 Å². The Bertz CT molecular complexity index is 499. The maximum Gasteiger partial charge on any atom is 0.221 e. The number of carbonyl (C=O) groups is 3. The zero-order chi connectivity index (χ0) is 14.4. The lowest BCUT2D eigenvalue weighted by Crippen LogP contribution is -3.11. The van der Waals surface area contributed by atoms with E-state index < -0.39 is 5.97 Å². The van der Waals surface area contributed by atoms with Crippen LogP contribution in [0.15, 0.2) is 24.3 Å². The van der Waals surface area contributed by atoms with E-state index in [0.29, 0.717) is 16.2 Å². The van der Waals surface area contributed by atoms with Gasteiger partial charge in [-0.15, -0.1) is 0 Å². The molecular weight excluding hydrogens is 248 g/mol. The van der Waals surface area contributed by atoms with E-state index in [1.807, 2.05) is 0 Å². The summed E-state index contributed by atoms with van der Waals surface area (Å²) in [5, 5.41) is 13.0. The molecule has 0 bridgehead atoms. The first-order valence-electron chi connectivity index (χ1n) is 5.80. The summed E-state index contributed by atoms with van der Waals surface area (Å²) in [6.45, 7) is 1.21. The van der Waals surface area contributed by atoms with Gasteiger partial charge in [-0.1, -0.05) is 12.1 Å². The number of aliphatic carboxylic acids is 1. The molecule has 1 amide bonds. The standard InChI is InChI=1S/C13H16N2O4/c1-9(16)14-11-5-3-4-10(6-11)12(17)7-15(2)8-13(18)19/h3-6H,7-8H2,1-2H3,(H,14,16)(H,18,19). The molecule has 1 unspecified atom stereocenters. The maximum atomic E-state index is 11.9. The summed E-state index contributed by atoms with van der Waals surface area (Å²) >= 11 is 0. The molecule has 6 nitrogen and oxygen atoms in total. The van der Waals surface area contributed by atoms with Gasteiger partial charge >= 0.3 is 0 Å². The Labute approximate surface area is 111 Å². The second-order valence-electron chi connectivity index (χ2n) is 4.37. The molecule has 0 aliphatic heterocycles. The van der Waals surface area contributed by atoms with Crippen molar-refractivity contribution in [2.75, 3.05) is 25.5 Å². The summed E-state index contributed by atoms with van der Waals surface area (Å²) in [6.07, 6.45) is 0. The van der Waals surface area contributed by atoms with Gasteiger partial charge in [0.15, 0.2) is 0 Å². The molecular formula is C13H16N2O4. The van der Waals surface area contributed by atoms with Crippen molar-refractivity contribution in [3.05, 3.63) is 29.8 Å². The third-order valence-electron chi connectivity index (χ3n) is 2.41. The number of ketones is 1. The first-order valence-corrected chi connectivity index (χ1v) is 5.80. The third kappa shape index (κ3) is 5.31.